The monoisotopic (exact) mass is 413 g/mol. The number of aromatic nitrogens is 2. The number of carbonyl (C=O) groups is 3. The van der Waals surface area contributed by atoms with Gasteiger partial charge in [-0.05, 0) is 43.7 Å². The van der Waals surface area contributed by atoms with Crippen LogP contribution in [-0.2, 0) is 16.1 Å². The van der Waals surface area contributed by atoms with Crippen LogP contribution in [0.15, 0.2) is 35.4 Å². The second-order valence-electron chi connectivity index (χ2n) is 6.32. The third-order valence-electron chi connectivity index (χ3n) is 4.22. The van der Waals surface area contributed by atoms with Crippen molar-refractivity contribution in [1.82, 2.24) is 9.55 Å². The Hall–Kier alpha value is -3.33. The van der Waals surface area contributed by atoms with Crippen LogP contribution in [0.5, 0.6) is 0 Å². The molecule has 0 spiro atoms. The Kier molecular flexibility index (Phi) is 5.88. The molecule has 150 valence electrons. The van der Waals surface area contributed by atoms with Gasteiger partial charge in [0.2, 0.25) is 5.91 Å². The van der Waals surface area contributed by atoms with Crippen molar-refractivity contribution in [3.8, 4) is 0 Å². The highest BCUT2D eigenvalue weighted by molar-refractivity contribution is 7.20. The average molecular weight is 413 g/mol. The van der Waals surface area contributed by atoms with Crippen molar-refractivity contribution < 1.29 is 19.1 Å². The predicted octanol–water partition coefficient (Wildman–Crippen LogP) is 2.78. The number of fused-ring (bicyclic) bond motifs is 1. The van der Waals surface area contributed by atoms with Gasteiger partial charge in [-0.15, -0.1) is 11.3 Å². The van der Waals surface area contributed by atoms with Crippen molar-refractivity contribution >= 4 is 44.9 Å². The zero-order chi connectivity index (χ0) is 21.1. The van der Waals surface area contributed by atoms with Gasteiger partial charge >= 0.3 is 5.97 Å². The molecule has 8 nitrogen and oxygen atoms in total. The lowest BCUT2D eigenvalue weighted by Crippen LogP contribution is -2.24. The Bertz CT molecular complexity index is 1160. The number of aryl methyl sites for hydroxylation is 1. The van der Waals surface area contributed by atoms with Crippen molar-refractivity contribution in [3.05, 3.63) is 57.0 Å². The van der Waals surface area contributed by atoms with E-state index < -0.39 is 5.97 Å². The number of nitrogens with one attached hydrogen (secondary N) is 1. The van der Waals surface area contributed by atoms with Crippen LogP contribution in [0.1, 0.15) is 39.4 Å². The maximum absolute atomic E-state index is 12.9. The smallest absolute Gasteiger partial charge is 0.348 e. The predicted molar refractivity (Wildman–Crippen MR) is 110 cm³/mol. The molecule has 1 aromatic carbocycles. The van der Waals surface area contributed by atoms with Crippen LogP contribution in [0, 0.1) is 6.92 Å². The van der Waals surface area contributed by atoms with E-state index in [-0.39, 0.29) is 30.4 Å². The Labute approximate surface area is 170 Å². The Morgan fingerprint density at radius 3 is 2.52 bits per heavy atom. The highest BCUT2D eigenvalue weighted by atomic mass is 32.1. The number of thiophene rings is 1. The summed E-state index contributed by atoms with van der Waals surface area (Å²) in [6.07, 6.45) is 1.30. The lowest BCUT2D eigenvalue weighted by atomic mass is 10.1. The molecule has 0 saturated heterocycles. The number of anilines is 1. The zero-order valence-corrected chi connectivity index (χ0v) is 17.0. The van der Waals surface area contributed by atoms with Gasteiger partial charge < -0.3 is 10.1 Å². The molecule has 0 fully saturated rings. The first-order valence-corrected chi connectivity index (χ1v) is 9.70. The van der Waals surface area contributed by atoms with E-state index in [0.717, 1.165) is 11.3 Å². The third kappa shape index (κ3) is 4.24. The van der Waals surface area contributed by atoms with Crippen LogP contribution in [-0.4, -0.2) is 33.8 Å². The Morgan fingerprint density at radius 1 is 1.21 bits per heavy atom. The summed E-state index contributed by atoms with van der Waals surface area (Å²) in [5.41, 5.74) is 1.10. The number of Topliss-reactive ketones (excluding diaryl/α,β-unsaturated/α-hetero) is 1. The number of ether oxygens (including phenoxy) is 1. The van der Waals surface area contributed by atoms with Crippen LogP contribution in [0.3, 0.4) is 0 Å². The Morgan fingerprint density at radius 2 is 1.90 bits per heavy atom. The molecule has 1 amide bonds. The van der Waals surface area contributed by atoms with Crippen LogP contribution in [0.2, 0.25) is 0 Å². The highest BCUT2D eigenvalue weighted by Gasteiger charge is 2.21. The molecule has 0 radical (unpaired) electrons. The summed E-state index contributed by atoms with van der Waals surface area (Å²) in [5, 5.41) is 2.94. The van der Waals surface area contributed by atoms with E-state index in [9.17, 15) is 19.2 Å². The van der Waals surface area contributed by atoms with E-state index in [1.165, 1.54) is 17.8 Å². The molecule has 1 N–H and O–H groups in total. The van der Waals surface area contributed by atoms with Gasteiger partial charge in [-0.2, -0.15) is 0 Å². The van der Waals surface area contributed by atoms with Gasteiger partial charge in [0.05, 0.1) is 24.9 Å². The molecule has 0 bridgehead atoms. The minimum atomic E-state index is -0.491. The highest BCUT2D eigenvalue weighted by Crippen LogP contribution is 2.27. The van der Waals surface area contributed by atoms with Gasteiger partial charge in [0.1, 0.15) is 9.71 Å². The molecular weight excluding hydrogens is 394 g/mol. The van der Waals surface area contributed by atoms with Crippen LogP contribution >= 0.6 is 11.3 Å². The third-order valence-corrected chi connectivity index (χ3v) is 5.40. The summed E-state index contributed by atoms with van der Waals surface area (Å²) < 4.78 is 6.24. The summed E-state index contributed by atoms with van der Waals surface area (Å²) in [5.74, 6) is -0.973. The van der Waals surface area contributed by atoms with Crippen LogP contribution < -0.4 is 10.9 Å². The van der Waals surface area contributed by atoms with Gasteiger partial charge in [-0.25, -0.2) is 9.78 Å². The van der Waals surface area contributed by atoms with E-state index >= 15 is 0 Å². The lowest BCUT2D eigenvalue weighted by Gasteiger charge is -2.06. The summed E-state index contributed by atoms with van der Waals surface area (Å²) in [7, 11) is 0. The number of amides is 1. The summed E-state index contributed by atoms with van der Waals surface area (Å²) in [6, 6.07) is 6.40. The number of ketones is 1. The normalized spacial score (nSPS) is 10.7. The van der Waals surface area contributed by atoms with Crippen LogP contribution in [0.4, 0.5) is 5.69 Å². The maximum atomic E-state index is 12.9. The number of nitrogens with zero attached hydrogens (tertiary/aromatic N) is 2. The zero-order valence-electron chi connectivity index (χ0n) is 16.1. The van der Waals surface area contributed by atoms with Crippen molar-refractivity contribution in [3.63, 3.8) is 0 Å². The Balaban J connectivity index is 1.88. The van der Waals surface area contributed by atoms with Crippen molar-refractivity contribution in [2.75, 3.05) is 11.9 Å². The molecule has 2 aromatic heterocycles. The molecule has 0 aliphatic heterocycles. The van der Waals surface area contributed by atoms with Crippen LogP contribution in [0.25, 0.3) is 10.2 Å². The fourth-order valence-corrected chi connectivity index (χ4v) is 3.88. The molecule has 2 heterocycles. The second-order valence-corrected chi connectivity index (χ2v) is 7.32. The van der Waals surface area contributed by atoms with E-state index in [1.54, 1.807) is 38.1 Å². The van der Waals surface area contributed by atoms with Gasteiger partial charge in [-0.3, -0.25) is 19.0 Å². The number of hydrogen-bond acceptors (Lipinski definition) is 7. The molecule has 3 aromatic rings. The molecule has 9 heteroatoms. The van der Waals surface area contributed by atoms with E-state index in [0.29, 0.717) is 31.9 Å². The van der Waals surface area contributed by atoms with Crippen molar-refractivity contribution in [1.29, 1.82) is 0 Å². The number of esters is 1. The molecular formula is C20H19N3O5S. The SMILES string of the molecule is CCOC(=O)c1sc2ncn(CC(=O)c3ccc(NC(C)=O)cc3)c(=O)c2c1C. The molecule has 3 rings (SSSR count). The minimum Gasteiger partial charge on any atom is -0.462 e. The molecule has 0 aliphatic carbocycles. The summed E-state index contributed by atoms with van der Waals surface area (Å²) in [6.45, 7) is 4.82. The molecule has 0 aliphatic rings. The van der Waals surface area contributed by atoms with Crippen molar-refractivity contribution in [2.45, 2.75) is 27.3 Å². The quantitative estimate of drug-likeness (QED) is 0.492. The first-order chi connectivity index (χ1) is 13.8. The van der Waals surface area contributed by atoms with Gasteiger partial charge in [0, 0.05) is 18.2 Å². The molecule has 29 heavy (non-hydrogen) atoms. The average Bonchev–Trinajstić information content (AvgIpc) is 3.01. The number of hydrogen-bond donors (Lipinski definition) is 1. The molecule has 0 atom stereocenters. The topological polar surface area (TPSA) is 107 Å². The number of carbonyl (C=O) groups excluding carboxylic acids is 3. The lowest BCUT2D eigenvalue weighted by molar-refractivity contribution is -0.114. The number of rotatable bonds is 6. The second kappa shape index (κ2) is 8.36. The molecule has 0 unspecified atom stereocenters. The van der Waals surface area contributed by atoms with Crippen molar-refractivity contribution in [2.24, 2.45) is 0 Å². The largest absolute Gasteiger partial charge is 0.462 e. The molecule has 0 saturated carbocycles. The summed E-state index contributed by atoms with van der Waals surface area (Å²) in [4.78, 5) is 53.6. The number of benzene rings is 1. The standard InChI is InChI=1S/C20H19N3O5S/c1-4-28-20(27)17-11(2)16-18(29-17)21-10-23(19(16)26)9-15(25)13-5-7-14(8-6-13)22-12(3)24/h5-8,10H,4,9H2,1-3H3,(H,22,24). The van der Waals surface area contributed by atoms with E-state index in [4.69, 9.17) is 4.74 Å². The first-order valence-electron chi connectivity index (χ1n) is 8.88. The first kappa shape index (κ1) is 20.4. The minimum absolute atomic E-state index is 0.189. The van der Waals surface area contributed by atoms with E-state index in [2.05, 4.69) is 10.3 Å². The van der Waals surface area contributed by atoms with E-state index in [1.807, 2.05) is 0 Å². The van der Waals surface area contributed by atoms with Gasteiger partial charge in [-0.1, -0.05) is 0 Å². The fourth-order valence-electron chi connectivity index (χ4n) is 2.85. The summed E-state index contributed by atoms with van der Waals surface area (Å²) >= 11 is 1.10. The fraction of sp³-hybridized carbons (Fsp3) is 0.250. The van der Waals surface area contributed by atoms with Gasteiger partial charge in [0.15, 0.2) is 5.78 Å². The maximum Gasteiger partial charge on any atom is 0.348 e. The van der Waals surface area contributed by atoms with Gasteiger partial charge in [0.25, 0.3) is 5.56 Å².